The molecule has 0 fully saturated rings. The Hall–Kier alpha value is -2.40. The number of aromatic nitrogens is 3. The second-order valence-corrected chi connectivity index (χ2v) is 6.51. The third-order valence-corrected chi connectivity index (χ3v) is 4.51. The predicted molar refractivity (Wildman–Crippen MR) is 95.1 cm³/mol. The quantitative estimate of drug-likeness (QED) is 0.730. The number of rotatable bonds is 2. The Kier molecular flexibility index (Phi) is 3.50. The molecule has 0 bridgehead atoms. The third-order valence-electron chi connectivity index (χ3n) is 3.98. The highest BCUT2D eigenvalue weighted by molar-refractivity contribution is 9.10. The van der Waals surface area contributed by atoms with Crippen LogP contribution in [0.2, 0.25) is 0 Å². The molecule has 0 saturated carbocycles. The van der Waals surface area contributed by atoms with Gasteiger partial charge in [0.1, 0.15) is 12.4 Å². The van der Waals surface area contributed by atoms with Crippen LogP contribution in [0.3, 0.4) is 0 Å². The molecule has 2 aromatic carbocycles. The first-order chi connectivity index (χ1) is 11.2. The smallest absolute Gasteiger partial charge is 0.226 e. The van der Waals surface area contributed by atoms with E-state index in [4.69, 9.17) is 0 Å². The van der Waals surface area contributed by atoms with Gasteiger partial charge in [-0.15, -0.1) is 0 Å². The van der Waals surface area contributed by atoms with E-state index in [2.05, 4.69) is 80.7 Å². The summed E-state index contributed by atoms with van der Waals surface area (Å²) in [5.41, 5.74) is 4.62. The maximum Gasteiger partial charge on any atom is 0.226 e. The number of hydrogen-bond donors (Lipinski definition) is 1. The molecular formula is C18H15BrN4. The standard InChI is InChI=1S/C18H15BrN4/c1-12-2-4-13(5-3-12)16-10-17(14-6-8-15(19)9-7-14)23-18(22-16)20-11-21-23/h2-11,17H,1H3,(H,20,21,22)/t17-/m1/s1. The van der Waals surface area contributed by atoms with E-state index in [1.54, 1.807) is 6.33 Å². The molecular weight excluding hydrogens is 352 g/mol. The van der Waals surface area contributed by atoms with Gasteiger partial charge in [0.25, 0.3) is 0 Å². The van der Waals surface area contributed by atoms with Crippen LogP contribution in [0, 0.1) is 6.92 Å². The van der Waals surface area contributed by atoms with Crippen LogP contribution in [-0.2, 0) is 0 Å². The van der Waals surface area contributed by atoms with E-state index in [-0.39, 0.29) is 6.04 Å². The van der Waals surface area contributed by atoms with E-state index in [1.807, 2.05) is 16.8 Å². The Balaban J connectivity index is 1.79. The van der Waals surface area contributed by atoms with Crippen LogP contribution in [0.15, 0.2) is 65.4 Å². The van der Waals surface area contributed by atoms with Crippen molar-refractivity contribution in [2.75, 3.05) is 5.32 Å². The number of anilines is 1. The van der Waals surface area contributed by atoms with Crippen molar-refractivity contribution >= 4 is 27.6 Å². The van der Waals surface area contributed by atoms with Gasteiger partial charge in [0, 0.05) is 10.2 Å². The third kappa shape index (κ3) is 2.68. The van der Waals surface area contributed by atoms with Gasteiger partial charge in [0.15, 0.2) is 0 Å². The zero-order valence-corrected chi connectivity index (χ0v) is 14.2. The lowest BCUT2D eigenvalue weighted by Gasteiger charge is -2.24. The Morgan fingerprint density at radius 1 is 1.04 bits per heavy atom. The van der Waals surface area contributed by atoms with Crippen LogP contribution < -0.4 is 5.32 Å². The lowest BCUT2D eigenvalue weighted by atomic mass is 10.0. The molecule has 2 heterocycles. The molecule has 0 amide bonds. The van der Waals surface area contributed by atoms with Gasteiger partial charge >= 0.3 is 0 Å². The molecule has 0 spiro atoms. The Bertz CT molecular complexity index is 863. The summed E-state index contributed by atoms with van der Waals surface area (Å²) in [5, 5.41) is 7.73. The van der Waals surface area contributed by atoms with Gasteiger partial charge in [0.2, 0.25) is 5.95 Å². The van der Waals surface area contributed by atoms with Gasteiger partial charge in [0.05, 0.1) is 0 Å². The van der Waals surface area contributed by atoms with Gasteiger partial charge in [-0.3, -0.25) is 0 Å². The molecule has 4 rings (SSSR count). The van der Waals surface area contributed by atoms with Crippen molar-refractivity contribution in [3.05, 3.63) is 82.1 Å². The molecule has 1 aliphatic heterocycles. The number of nitrogens with one attached hydrogen (secondary N) is 1. The summed E-state index contributed by atoms with van der Waals surface area (Å²) >= 11 is 3.49. The van der Waals surface area contributed by atoms with Gasteiger partial charge in [-0.2, -0.15) is 10.1 Å². The van der Waals surface area contributed by atoms with Crippen LogP contribution in [0.4, 0.5) is 5.95 Å². The van der Waals surface area contributed by atoms with Crippen molar-refractivity contribution in [3.8, 4) is 0 Å². The highest BCUT2D eigenvalue weighted by Gasteiger charge is 2.23. The zero-order chi connectivity index (χ0) is 15.8. The molecule has 1 atom stereocenters. The molecule has 1 aliphatic rings. The first-order valence-electron chi connectivity index (χ1n) is 7.41. The van der Waals surface area contributed by atoms with E-state index in [9.17, 15) is 0 Å². The van der Waals surface area contributed by atoms with E-state index in [0.29, 0.717) is 0 Å². The fourth-order valence-corrected chi connectivity index (χ4v) is 3.00. The van der Waals surface area contributed by atoms with Crippen LogP contribution in [-0.4, -0.2) is 14.8 Å². The summed E-state index contributed by atoms with van der Waals surface area (Å²) in [6.07, 6.45) is 3.77. The Morgan fingerprint density at radius 2 is 1.78 bits per heavy atom. The van der Waals surface area contributed by atoms with Gasteiger partial charge in [-0.05, 0) is 36.3 Å². The number of hydrogen-bond acceptors (Lipinski definition) is 3. The summed E-state index contributed by atoms with van der Waals surface area (Å²) in [7, 11) is 0. The number of fused-ring (bicyclic) bond motifs is 1. The highest BCUT2D eigenvalue weighted by Crippen LogP contribution is 2.32. The largest absolute Gasteiger partial charge is 0.324 e. The minimum atomic E-state index is 0.0261. The van der Waals surface area contributed by atoms with Crippen LogP contribution in [0.25, 0.3) is 5.70 Å². The molecule has 0 aliphatic carbocycles. The summed E-state index contributed by atoms with van der Waals surface area (Å²) in [6.45, 7) is 2.09. The van der Waals surface area contributed by atoms with Gasteiger partial charge in [-0.25, -0.2) is 4.68 Å². The van der Waals surface area contributed by atoms with Crippen molar-refractivity contribution in [2.24, 2.45) is 0 Å². The van der Waals surface area contributed by atoms with E-state index in [1.165, 1.54) is 11.1 Å². The summed E-state index contributed by atoms with van der Waals surface area (Å²) in [4.78, 5) is 4.33. The molecule has 0 radical (unpaired) electrons. The number of nitrogens with zero attached hydrogens (tertiary/aromatic N) is 3. The molecule has 114 valence electrons. The summed E-state index contributed by atoms with van der Waals surface area (Å²) in [5.74, 6) is 0.760. The Labute approximate surface area is 143 Å². The Morgan fingerprint density at radius 3 is 2.52 bits per heavy atom. The summed E-state index contributed by atoms with van der Waals surface area (Å²) in [6, 6.07) is 16.8. The maximum atomic E-state index is 4.37. The lowest BCUT2D eigenvalue weighted by molar-refractivity contribution is 0.612. The average Bonchev–Trinajstić information content (AvgIpc) is 3.04. The second-order valence-electron chi connectivity index (χ2n) is 5.60. The number of benzene rings is 2. The number of aryl methyl sites for hydroxylation is 1. The summed E-state index contributed by atoms with van der Waals surface area (Å²) < 4.78 is 2.97. The van der Waals surface area contributed by atoms with Gasteiger partial charge < -0.3 is 5.32 Å². The van der Waals surface area contributed by atoms with Crippen molar-refractivity contribution < 1.29 is 0 Å². The predicted octanol–water partition coefficient (Wildman–Crippen LogP) is 4.41. The molecule has 23 heavy (non-hydrogen) atoms. The lowest BCUT2D eigenvalue weighted by Crippen LogP contribution is -2.20. The van der Waals surface area contributed by atoms with Crippen molar-refractivity contribution in [2.45, 2.75) is 13.0 Å². The molecule has 0 saturated heterocycles. The van der Waals surface area contributed by atoms with Crippen LogP contribution >= 0.6 is 15.9 Å². The fraction of sp³-hybridized carbons (Fsp3) is 0.111. The van der Waals surface area contributed by atoms with Crippen LogP contribution in [0.5, 0.6) is 0 Å². The molecule has 1 N–H and O–H groups in total. The van der Waals surface area contributed by atoms with E-state index < -0.39 is 0 Å². The topological polar surface area (TPSA) is 42.7 Å². The van der Waals surface area contributed by atoms with E-state index in [0.717, 1.165) is 21.7 Å². The minimum absolute atomic E-state index is 0.0261. The number of allylic oxidation sites excluding steroid dienone is 1. The monoisotopic (exact) mass is 366 g/mol. The van der Waals surface area contributed by atoms with Crippen LogP contribution in [0.1, 0.15) is 22.7 Å². The van der Waals surface area contributed by atoms with E-state index >= 15 is 0 Å². The molecule has 5 heteroatoms. The number of halogens is 1. The molecule has 0 unspecified atom stereocenters. The van der Waals surface area contributed by atoms with Crippen molar-refractivity contribution in [3.63, 3.8) is 0 Å². The normalized spacial score (nSPS) is 16.4. The SMILES string of the molecule is Cc1ccc(C2=C[C@H](c3ccc(Br)cc3)n3ncnc3N2)cc1. The first-order valence-corrected chi connectivity index (χ1v) is 8.21. The molecule has 1 aromatic heterocycles. The highest BCUT2D eigenvalue weighted by atomic mass is 79.9. The molecule has 4 nitrogen and oxygen atoms in total. The maximum absolute atomic E-state index is 4.37. The fourth-order valence-electron chi connectivity index (χ4n) is 2.73. The van der Waals surface area contributed by atoms with Crippen molar-refractivity contribution in [1.29, 1.82) is 0 Å². The van der Waals surface area contributed by atoms with Crippen molar-refractivity contribution in [1.82, 2.24) is 14.8 Å². The second kappa shape index (κ2) is 5.66. The van der Waals surface area contributed by atoms with Gasteiger partial charge in [-0.1, -0.05) is 57.9 Å². The average molecular weight is 367 g/mol. The first kappa shape index (κ1) is 14.2. The minimum Gasteiger partial charge on any atom is -0.324 e. The zero-order valence-electron chi connectivity index (χ0n) is 12.6. The molecule has 3 aromatic rings.